The molecular weight excluding hydrogens is 162 g/mol. The lowest BCUT2D eigenvalue weighted by molar-refractivity contribution is 0.1000. The van der Waals surface area contributed by atoms with Crippen molar-refractivity contribution in [3.8, 4) is 0 Å². The molecule has 0 atom stereocenters. The predicted molar refractivity (Wildman–Crippen MR) is 53.5 cm³/mol. The van der Waals surface area contributed by atoms with Gasteiger partial charge in [-0.2, -0.15) is 0 Å². The molecule has 0 spiro atoms. The first-order valence-electron chi connectivity index (χ1n) is 4.24. The van der Waals surface area contributed by atoms with E-state index in [-0.39, 0.29) is 5.91 Å². The van der Waals surface area contributed by atoms with Crippen molar-refractivity contribution in [3.05, 3.63) is 47.5 Å². The summed E-state index contributed by atoms with van der Waals surface area (Å²) in [6.07, 6.45) is 4.87. The van der Waals surface area contributed by atoms with Crippen molar-refractivity contribution in [1.29, 1.82) is 0 Å². The van der Waals surface area contributed by atoms with Crippen LogP contribution in [-0.4, -0.2) is 5.91 Å². The molecule has 2 N–H and O–H groups in total. The molecule has 1 aromatic rings. The van der Waals surface area contributed by atoms with Crippen LogP contribution in [0.2, 0.25) is 0 Å². The Bertz CT molecular complexity index is 329. The molecular formula is C11H13NO. The largest absolute Gasteiger partial charge is 0.366 e. The highest BCUT2D eigenvalue weighted by atomic mass is 16.1. The number of nitrogens with two attached hydrogens (primary N) is 1. The van der Waals surface area contributed by atoms with Crippen molar-refractivity contribution in [2.45, 2.75) is 13.3 Å². The maximum Gasteiger partial charge on any atom is 0.248 e. The van der Waals surface area contributed by atoms with Crippen LogP contribution in [0.5, 0.6) is 0 Å². The van der Waals surface area contributed by atoms with Gasteiger partial charge in [-0.25, -0.2) is 0 Å². The summed E-state index contributed by atoms with van der Waals surface area (Å²) in [4.78, 5) is 10.8. The van der Waals surface area contributed by atoms with Gasteiger partial charge in [-0.1, -0.05) is 24.3 Å². The van der Waals surface area contributed by atoms with Crippen LogP contribution in [0.3, 0.4) is 0 Å². The number of benzene rings is 1. The van der Waals surface area contributed by atoms with E-state index >= 15 is 0 Å². The molecule has 13 heavy (non-hydrogen) atoms. The van der Waals surface area contributed by atoms with Crippen molar-refractivity contribution in [2.24, 2.45) is 5.73 Å². The Hall–Kier alpha value is -1.57. The van der Waals surface area contributed by atoms with E-state index in [1.165, 1.54) is 0 Å². The molecule has 0 aliphatic heterocycles. The van der Waals surface area contributed by atoms with E-state index in [1.807, 2.05) is 37.3 Å². The molecule has 68 valence electrons. The Kier molecular flexibility index (Phi) is 3.26. The topological polar surface area (TPSA) is 43.1 Å². The third-order valence-electron chi connectivity index (χ3n) is 1.80. The molecule has 2 heteroatoms. The highest BCUT2D eigenvalue weighted by molar-refractivity contribution is 5.92. The van der Waals surface area contributed by atoms with Gasteiger partial charge in [0.15, 0.2) is 0 Å². The van der Waals surface area contributed by atoms with E-state index in [0.29, 0.717) is 5.56 Å². The molecule has 0 saturated carbocycles. The molecule has 0 aliphatic carbocycles. The molecule has 1 amide bonds. The first-order chi connectivity index (χ1) is 6.24. The SMILES string of the molecule is CC=CCc1cccc(C(N)=O)c1. The average Bonchev–Trinajstić information content (AvgIpc) is 2.15. The van der Waals surface area contributed by atoms with Gasteiger partial charge in [-0.05, 0) is 31.0 Å². The Balaban J connectivity index is 2.85. The number of primary amides is 1. The van der Waals surface area contributed by atoms with Crippen molar-refractivity contribution in [3.63, 3.8) is 0 Å². The minimum absolute atomic E-state index is 0.373. The second kappa shape index (κ2) is 4.45. The van der Waals surface area contributed by atoms with Crippen LogP contribution in [0.1, 0.15) is 22.8 Å². The average molecular weight is 175 g/mol. The summed E-state index contributed by atoms with van der Waals surface area (Å²) < 4.78 is 0. The fourth-order valence-corrected chi connectivity index (χ4v) is 1.11. The number of carbonyl (C=O) groups excluding carboxylic acids is 1. The standard InChI is InChI=1S/C11H13NO/c1-2-3-5-9-6-4-7-10(8-9)11(12)13/h2-4,6-8H,5H2,1H3,(H2,12,13). The zero-order chi connectivity index (χ0) is 9.68. The van der Waals surface area contributed by atoms with Crippen LogP contribution in [0, 0.1) is 0 Å². The Morgan fingerprint density at radius 2 is 2.31 bits per heavy atom. The zero-order valence-corrected chi connectivity index (χ0v) is 7.66. The van der Waals surface area contributed by atoms with E-state index in [4.69, 9.17) is 5.73 Å². The summed E-state index contributed by atoms with van der Waals surface area (Å²) in [7, 11) is 0. The summed E-state index contributed by atoms with van der Waals surface area (Å²) in [6, 6.07) is 7.37. The highest BCUT2D eigenvalue weighted by Gasteiger charge is 1.99. The number of hydrogen-bond acceptors (Lipinski definition) is 1. The summed E-state index contributed by atoms with van der Waals surface area (Å²) in [6.45, 7) is 1.97. The summed E-state index contributed by atoms with van der Waals surface area (Å²) in [5.41, 5.74) is 6.83. The van der Waals surface area contributed by atoms with Crippen LogP contribution in [0.25, 0.3) is 0 Å². The quantitative estimate of drug-likeness (QED) is 0.700. The van der Waals surface area contributed by atoms with Crippen molar-refractivity contribution < 1.29 is 4.79 Å². The van der Waals surface area contributed by atoms with Gasteiger partial charge >= 0.3 is 0 Å². The maximum atomic E-state index is 10.8. The minimum Gasteiger partial charge on any atom is -0.366 e. The van der Waals surface area contributed by atoms with E-state index in [9.17, 15) is 4.79 Å². The van der Waals surface area contributed by atoms with Crippen LogP contribution >= 0.6 is 0 Å². The molecule has 1 aromatic carbocycles. The molecule has 0 aliphatic rings. The second-order valence-corrected chi connectivity index (χ2v) is 2.84. The molecule has 0 radical (unpaired) electrons. The fraction of sp³-hybridized carbons (Fsp3) is 0.182. The number of hydrogen-bond donors (Lipinski definition) is 1. The number of allylic oxidation sites excluding steroid dienone is 2. The third kappa shape index (κ3) is 2.75. The molecule has 0 aromatic heterocycles. The molecule has 0 saturated heterocycles. The zero-order valence-electron chi connectivity index (χ0n) is 7.66. The van der Waals surface area contributed by atoms with Gasteiger partial charge in [-0.15, -0.1) is 0 Å². The Labute approximate surface area is 78.1 Å². The first kappa shape index (κ1) is 9.52. The van der Waals surface area contributed by atoms with E-state index in [1.54, 1.807) is 6.07 Å². The van der Waals surface area contributed by atoms with Crippen molar-refractivity contribution >= 4 is 5.91 Å². The van der Waals surface area contributed by atoms with Gasteiger partial charge in [0.2, 0.25) is 5.91 Å². The highest BCUT2D eigenvalue weighted by Crippen LogP contribution is 2.05. The number of carbonyl (C=O) groups is 1. The van der Waals surface area contributed by atoms with Crippen molar-refractivity contribution in [1.82, 2.24) is 0 Å². The third-order valence-corrected chi connectivity index (χ3v) is 1.80. The maximum absolute atomic E-state index is 10.8. The predicted octanol–water partition coefficient (Wildman–Crippen LogP) is 1.90. The van der Waals surface area contributed by atoms with Gasteiger partial charge in [-0.3, -0.25) is 4.79 Å². The lowest BCUT2D eigenvalue weighted by Gasteiger charge is -1.98. The molecule has 0 unspecified atom stereocenters. The van der Waals surface area contributed by atoms with Gasteiger partial charge in [0.1, 0.15) is 0 Å². The lowest BCUT2D eigenvalue weighted by Crippen LogP contribution is -2.10. The minimum atomic E-state index is -0.373. The lowest BCUT2D eigenvalue weighted by atomic mass is 10.1. The summed E-state index contributed by atoms with van der Waals surface area (Å²) in [5.74, 6) is -0.373. The monoisotopic (exact) mass is 175 g/mol. The number of rotatable bonds is 3. The number of amides is 1. The van der Waals surface area contributed by atoms with Crippen LogP contribution in [0.15, 0.2) is 36.4 Å². The molecule has 1 rings (SSSR count). The van der Waals surface area contributed by atoms with E-state index in [2.05, 4.69) is 0 Å². The normalized spacial score (nSPS) is 10.5. The van der Waals surface area contributed by atoms with E-state index < -0.39 is 0 Å². The van der Waals surface area contributed by atoms with Crippen LogP contribution < -0.4 is 5.73 Å². The van der Waals surface area contributed by atoms with Gasteiger partial charge in [0, 0.05) is 5.56 Å². The van der Waals surface area contributed by atoms with Gasteiger partial charge in [0.05, 0.1) is 0 Å². The van der Waals surface area contributed by atoms with Crippen molar-refractivity contribution in [2.75, 3.05) is 0 Å². The Morgan fingerprint density at radius 1 is 1.54 bits per heavy atom. The van der Waals surface area contributed by atoms with E-state index in [0.717, 1.165) is 12.0 Å². The van der Waals surface area contributed by atoms with Crippen LogP contribution in [0.4, 0.5) is 0 Å². The summed E-state index contributed by atoms with van der Waals surface area (Å²) in [5, 5.41) is 0. The van der Waals surface area contributed by atoms with Gasteiger partial charge in [0.25, 0.3) is 0 Å². The summed E-state index contributed by atoms with van der Waals surface area (Å²) >= 11 is 0. The smallest absolute Gasteiger partial charge is 0.248 e. The molecule has 0 bridgehead atoms. The fourth-order valence-electron chi connectivity index (χ4n) is 1.11. The second-order valence-electron chi connectivity index (χ2n) is 2.84. The van der Waals surface area contributed by atoms with Crippen LogP contribution in [-0.2, 0) is 6.42 Å². The van der Waals surface area contributed by atoms with Gasteiger partial charge < -0.3 is 5.73 Å². The molecule has 2 nitrogen and oxygen atoms in total. The molecule has 0 fully saturated rings. The Morgan fingerprint density at radius 3 is 2.92 bits per heavy atom. The molecule has 0 heterocycles. The first-order valence-corrected chi connectivity index (χ1v) is 4.24.